The molecule has 0 spiro atoms. The predicted octanol–water partition coefficient (Wildman–Crippen LogP) is 1.48. The third-order valence-electron chi connectivity index (χ3n) is 2.19. The first-order valence-corrected chi connectivity index (χ1v) is 6.76. The Morgan fingerprint density at radius 3 is 2.54 bits per heavy atom. The molecule has 5 heteroatoms. The molecule has 0 atom stereocenters. The zero-order chi connectivity index (χ0) is 9.90. The van der Waals surface area contributed by atoms with E-state index in [1.165, 1.54) is 0 Å². The van der Waals surface area contributed by atoms with Crippen LogP contribution in [0, 0.1) is 0 Å². The van der Waals surface area contributed by atoms with Crippen molar-refractivity contribution < 1.29 is 8.42 Å². The van der Waals surface area contributed by atoms with Crippen molar-refractivity contribution >= 4 is 21.6 Å². The zero-order valence-corrected chi connectivity index (χ0v) is 9.37. The van der Waals surface area contributed by atoms with E-state index in [1.54, 1.807) is 0 Å². The summed E-state index contributed by atoms with van der Waals surface area (Å²) in [6.45, 7) is 1.98. The molecule has 0 bridgehead atoms. The van der Waals surface area contributed by atoms with Gasteiger partial charge in [0.25, 0.3) is 0 Å². The summed E-state index contributed by atoms with van der Waals surface area (Å²) in [7, 11) is -3.04. The lowest BCUT2D eigenvalue weighted by molar-refractivity contribution is 0.391. The van der Waals surface area contributed by atoms with Crippen molar-refractivity contribution in [3.8, 4) is 0 Å². The smallest absolute Gasteiger partial charge is 0.211 e. The Hall–Kier alpha value is 0.200. The van der Waals surface area contributed by atoms with Crippen LogP contribution in [-0.4, -0.2) is 25.6 Å². The van der Waals surface area contributed by atoms with Crippen LogP contribution < -0.4 is 4.72 Å². The van der Waals surface area contributed by atoms with E-state index in [0.717, 1.165) is 25.7 Å². The minimum atomic E-state index is -3.04. The maximum atomic E-state index is 11.3. The lowest BCUT2D eigenvalue weighted by atomic mass is 9.94. The van der Waals surface area contributed by atoms with E-state index in [2.05, 4.69) is 4.72 Å². The van der Waals surface area contributed by atoms with E-state index in [9.17, 15) is 8.42 Å². The molecule has 0 aromatic heterocycles. The van der Waals surface area contributed by atoms with Gasteiger partial charge in [-0.3, -0.25) is 0 Å². The zero-order valence-electron chi connectivity index (χ0n) is 7.79. The first-order chi connectivity index (χ1) is 6.03. The van der Waals surface area contributed by atoms with Crippen LogP contribution in [0.15, 0.2) is 0 Å². The van der Waals surface area contributed by atoms with Gasteiger partial charge in [-0.15, -0.1) is 11.6 Å². The van der Waals surface area contributed by atoms with Crippen molar-refractivity contribution in [1.29, 1.82) is 0 Å². The molecule has 0 amide bonds. The third-order valence-corrected chi connectivity index (χ3v) is 4.07. The van der Waals surface area contributed by atoms with Gasteiger partial charge < -0.3 is 0 Å². The van der Waals surface area contributed by atoms with Crippen LogP contribution in [0.5, 0.6) is 0 Å². The predicted molar refractivity (Wildman–Crippen MR) is 54.5 cm³/mol. The number of rotatable bonds is 5. The maximum absolute atomic E-state index is 11.3. The number of sulfonamides is 1. The molecule has 1 fully saturated rings. The van der Waals surface area contributed by atoms with Crippen molar-refractivity contribution in [2.75, 3.05) is 5.75 Å². The van der Waals surface area contributed by atoms with Gasteiger partial charge in [-0.2, -0.15) is 0 Å². The van der Waals surface area contributed by atoms with Gasteiger partial charge in [0.05, 0.1) is 5.75 Å². The summed E-state index contributed by atoms with van der Waals surface area (Å²) in [6, 6.07) is 0.0874. The quantitative estimate of drug-likeness (QED) is 0.721. The van der Waals surface area contributed by atoms with Crippen molar-refractivity contribution in [2.45, 2.75) is 44.0 Å². The first-order valence-electron chi connectivity index (χ1n) is 4.67. The number of nitrogens with one attached hydrogen (secondary N) is 1. The molecule has 0 heterocycles. The Labute approximate surface area is 84.9 Å². The molecular weight excluding hydrogens is 210 g/mol. The molecular formula is C8H16ClNO2S. The molecule has 3 nitrogen and oxygen atoms in total. The highest BCUT2D eigenvalue weighted by atomic mass is 35.5. The Morgan fingerprint density at radius 1 is 1.46 bits per heavy atom. The van der Waals surface area contributed by atoms with E-state index in [0.29, 0.717) is 0 Å². The summed E-state index contributed by atoms with van der Waals surface area (Å²) in [5.41, 5.74) is 0. The Kier molecular flexibility index (Phi) is 4.01. The van der Waals surface area contributed by atoms with Crippen LogP contribution in [-0.2, 0) is 10.0 Å². The summed E-state index contributed by atoms with van der Waals surface area (Å²) in [4.78, 5) is 0. The second-order valence-corrected chi connectivity index (χ2v) is 6.05. The highest BCUT2D eigenvalue weighted by Crippen LogP contribution is 2.25. The molecule has 1 aliphatic rings. The molecule has 0 aromatic rings. The van der Waals surface area contributed by atoms with Crippen molar-refractivity contribution in [1.82, 2.24) is 4.72 Å². The average Bonchev–Trinajstić information content (AvgIpc) is 1.98. The molecule has 1 rings (SSSR count). The van der Waals surface area contributed by atoms with Crippen LogP contribution in [0.3, 0.4) is 0 Å². The van der Waals surface area contributed by atoms with Gasteiger partial charge in [0.15, 0.2) is 0 Å². The van der Waals surface area contributed by atoms with E-state index in [-0.39, 0.29) is 17.2 Å². The standard InChI is InChI=1S/C8H16ClNO2S/c1-2-3-4-13(11,12)10-8-5-7(9)6-8/h7-8,10H,2-6H2,1H3. The van der Waals surface area contributed by atoms with Gasteiger partial charge in [-0.25, -0.2) is 13.1 Å². The fourth-order valence-electron chi connectivity index (χ4n) is 1.29. The number of unbranched alkanes of at least 4 members (excludes halogenated alkanes) is 1. The number of alkyl halides is 1. The maximum Gasteiger partial charge on any atom is 0.211 e. The molecule has 0 unspecified atom stereocenters. The van der Waals surface area contributed by atoms with E-state index in [4.69, 9.17) is 11.6 Å². The van der Waals surface area contributed by atoms with Gasteiger partial charge in [-0.05, 0) is 19.3 Å². The molecule has 0 radical (unpaired) electrons. The number of hydrogen-bond acceptors (Lipinski definition) is 2. The van der Waals surface area contributed by atoms with Crippen molar-refractivity contribution in [2.24, 2.45) is 0 Å². The van der Waals surface area contributed by atoms with E-state index >= 15 is 0 Å². The highest BCUT2D eigenvalue weighted by molar-refractivity contribution is 7.89. The fourth-order valence-corrected chi connectivity index (χ4v) is 3.21. The summed E-state index contributed by atoms with van der Waals surface area (Å²) in [6.07, 6.45) is 3.18. The molecule has 0 saturated heterocycles. The molecule has 1 saturated carbocycles. The molecule has 1 aliphatic carbocycles. The van der Waals surface area contributed by atoms with Gasteiger partial charge in [0, 0.05) is 11.4 Å². The second kappa shape index (κ2) is 4.62. The fraction of sp³-hybridized carbons (Fsp3) is 1.00. The minimum Gasteiger partial charge on any atom is -0.212 e. The SMILES string of the molecule is CCCCS(=O)(=O)NC1CC(Cl)C1. The van der Waals surface area contributed by atoms with Crippen molar-refractivity contribution in [3.63, 3.8) is 0 Å². The van der Waals surface area contributed by atoms with E-state index in [1.807, 2.05) is 6.92 Å². The Balaban J connectivity index is 2.26. The topological polar surface area (TPSA) is 46.2 Å². The monoisotopic (exact) mass is 225 g/mol. The third kappa shape index (κ3) is 3.83. The number of halogens is 1. The molecule has 13 heavy (non-hydrogen) atoms. The van der Waals surface area contributed by atoms with Crippen LogP contribution in [0.2, 0.25) is 0 Å². The average molecular weight is 226 g/mol. The van der Waals surface area contributed by atoms with Crippen LogP contribution >= 0.6 is 11.6 Å². The second-order valence-electron chi connectivity index (χ2n) is 3.56. The minimum absolute atomic E-state index is 0.0874. The van der Waals surface area contributed by atoms with Crippen LogP contribution in [0.25, 0.3) is 0 Å². The lowest BCUT2D eigenvalue weighted by Gasteiger charge is -2.31. The van der Waals surface area contributed by atoms with Gasteiger partial charge >= 0.3 is 0 Å². The van der Waals surface area contributed by atoms with E-state index < -0.39 is 10.0 Å². The molecule has 0 aliphatic heterocycles. The summed E-state index contributed by atoms with van der Waals surface area (Å²) >= 11 is 5.74. The van der Waals surface area contributed by atoms with Gasteiger partial charge in [0.2, 0.25) is 10.0 Å². The Bertz CT molecular complexity index is 247. The summed E-state index contributed by atoms with van der Waals surface area (Å²) in [5.74, 6) is 0.243. The number of hydrogen-bond donors (Lipinski definition) is 1. The van der Waals surface area contributed by atoms with Gasteiger partial charge in [0.1, 0.15) is 0 Å². The van der Waals surface area contributed by atoms with Gasteiger partial charge in [-0.1, -0.05) is 13.3 Å². The highest BCUT2D eigenvalue weighted by Gasteiger charge is 2.30. The lowest BCUT2D eigenvalue weighted by Crippen LogP contribution is -2.45. The molecule has 78 valence electrons. The Morgan fingerprint density at radius 2 is 2.08 bits per heavy atom. The summed E-state index contributed by atoms with van der Waals surface area (Å²) < 4.78 is 25.3. The molecule has 1 N–H and O–H groups in total. The summed E-state index contributed by atoms with van der Waals surface area (Å²) in [5, 5.41) is 0.166. The molecule has 0 aromatic carbocycles. The van der Waals surface area contributed by atoms with Crippen molar-refractivity contribution in [3.05, 3.63) is 0 Å². The van der Waals surface area contributed by atoms with Crippen LogP contribution in [0.1, 0.15) is 32.6 Å². The largest absolute Gasteiger partial charge is 0.212 e. The first kappa shape index (κ1) is 11.3. The van der Waals surface area contributed by atoms with Crippen LogP contribution in [0.4, 0.5) is 0 Å². The normalized spacial score (nSPS) is 28.5.